The second-order valence-electron chi connectivity index (χ2n) is 9.54. The summed E-state index contributed by atoms with van der Waals surface area (Å²) in [5.41, 5.74) is 2.18. The van der Waals surface area contributed by atoms with Gasteiger partial charge < -0.3 is 14.6 Å². The fourth-order valence-electron chi connectivity index (χ4n) is 5.06. The molecule has 2 aromatic rings. The topological polar surface area (TPSA) is 76.1 Å². The molecule has 0 atom stereocenters. The highest BCUT2D eigenvalue weighted by molar-refractivity contribution is 7.98. The number of thioether (sulfide) groups is 1. The molecule has 1 aliphatic heterocycles. The van der Waals surface area contributed by atoms with Gasteiger partial charge in [-0.2, -0.15) is 0 Å². The SMILES string of the molecule is CSc1ccc(N(C2CCCCC2)S(=O)(=O)c2ccc(OCC3CCOCC3)c(CO)c2)c(C)c1. The van der Waals surface area contributed by atoms with E-state index < -0.39 is 10.0 Å². The van der Waals surface area contributed by atoms with Crippen LogP contribution in [0.2, 0.25) is 0 Å². The summed E-state index contributed by atoms with van der Waals surface area (Å²) < 4.78 is 41.3. The molecule has 35 heavy (non-hydrogen) atoms. The third kappa shape index (κ3) is 6.16. The maximum Gasteiger partial charge on any atom is 0.264 e. The molecule has 6 nitrogen and oxygen atoms in total. The van der Waals surface area contributed by atoms with Gasteiger partial charge in [-0.3, -0.25) is 4.31 Å². The highest BCUT2D eigenvalue weighted by Crippen LogP contribution is 2.37. The Bertz CT molecular complexity index is 1090. The number of benzene rings is 2. The van der Waals surface area contributed by atoms with E-state index in [-0.39, 0.29) is 17.5 Å². The number of aliphatic hydroxyl groups excluding tert-OH is 1. The molecule has 1 aliphatic carbocycles. The van der Waals surface area contributed by atoms with Crippen LogP contribution in [0.15, 0.2) is 46.2 Å². The van der Waals surface area contributed by atoms with Gasteiger partial charge in [-0.25, -0.2) is 8.42 Å². The number of ether oxygens (including phenoxy) is 2. The van der Waals surface area contributed by atoms with Crippen molar-refractivity contribution in [2.75, 3.05) is 30.4 Å². The zero-order valence-electron chi connectivity index (χ0n) is 20.7. The van der Waals surface area contributed by atoms with Crippen molar-refractivity contribution in [1.82, 2.24) is 0 Å². The van der Waals surface area contributed by atoms with Gasteiger partial charge >= 0.3 is 0 Å². The molecular formula is C27H37NO5S2. The Balaban J connectivity index is 1.65. The molecule has 0 unspecified atom stereocenters. The smallest absolute Gasteiger partial charge is 0.264 e. The molecule has 192 valence electrons. The Hall–Kier alpha value is -1.74. The second-order valence-corrected chi connectivity index (χ2v) is 12.2. The average Bonchev–Trinajstić information content (AvgIpc) is 2.89. The lowest BCUT2D eigenvalue weighted by Gasteiger charge is -2.36. The van der Waals surface area contributed by atoms with Gasteiger partial charge in [-0.05, 0) is 86.7 Å². The van der Waals surface area contributed by atoms with Crippen molar-refractivity contribution in [2.45, 2.75) is 74.3 Å². The summed E-state index contributed by atoms with van der Waals surface area (Å²) in [6.45, 7) is 3.72. The molecule has 1 saturated carbocycles. The van der Waals surface area contributed by atoms with Crippen molar-refractivity contribution < 1.29 is 23.0 Å². The molecule has 1 heterocycles. The summed E-state index contributed by atoms with van der Waals surface area (Å²) >= 11 is 1.65. The lowest BCUT2D eigenvalue weighted by atomic mass is 9.95. The number of sulfonamides is 1. The Labute approximate surface area is 214 Å². The van der Waals surface area contributed by atoms with Gasteiger partial charge in [0.05, 0.1) is 23.8 Å². The highest BCUT2D eigenvalue weighted by atomic mass is 32.2. The Morgan fingerprint density at radius 1 is 1.06 bits per heavy atom. The predicted octanol–water partition coefficient (Wildman–Crippen LogP) is 5.54. The molecule has 2 aliphatic rings. The first kappa shape index (κ1) is 26.3. The number of nitrogens with zero attached hydrogens (tertiary/aromatic N) is 1. The zero-order chi connectivity index (χ0) is 24.8. The summed E-state index contributed by atoms with van der Waals surface area (Å²) in [5, 5.41) is 10.0. The minimum atomic E-state index is -3.84. The molecular weight excluding hydrogens is 482 g/mol. The summed E-state index contributed by atoms with van der Waals surface area (Å²) in [7, 11) is -3.84. The molecule has 0 spiro atoms. The lowest BCUT2D eigenvalue weighted by Crippen LogP contribution is -2.42. The number of rotatable bonds is 9. The number of hydrogen-bond donors (Lipinski definition) is 1. The first-order valence-corrected chi connectivity index (χ1v) is 15.2. The van der Waals surface area contributed by atoms with E-state index in [4.69, 9.17) is 9.47 Å². The van der Waals surface area contributed by atoms with Crippen molar-refractivity contribution >= 4 is 27.5 Å². The van der Waals surface area contributed by atoms with Crippen LogP contribution in [0.25, 0.3) is 0 Å². The Kier molecular flexibility index (Phi) is 9.02. The molecule has 2 fully saturated rings. The predicted molar refractivity (Wildman–Crippen MR) is 141 cm³/mol. The van der Waals surface area contributed by atoms with E-state index in [2.05, 4.69) is 6.07 Å². The minimum Gasteiger partial charge on any atom is -0.493 e. The Morgan fingerprint density at radius 3 is 2.46 bits per heavy atom. The van der Waals surface area contributed by atoms with E-state index in [0.29, 0.717) is 23.8 Å². The first-order valence-electron chi connectivity index (χ1n) is 12.6. The van der Waals surface area contributed by atoms with E-state index >= 15 is 0 Å². The number of anilines is 1. The van der Waals surface area contributed by atoms with Crippen molar-refractivity contribution in [3.05, 3.63) is 47.5 Å². The zero-order valence-corrected chi connectivity index (χ0v) is 22.4. The van der Waals surface area contributed by atoms with Crippen molar-refractivity contribution in [3.8, 4) is 5.75 Å². The molecule has 4 rings (SSSR count). The van der Waals surface area contributed by atoms with Gasteiger partial charge in [0, 0.05) is 29.7 Å². The van der Waals surface area contributed by atoms with Gasteiger partial charge in [0.25, 0.3) is 10.0 Å². The third-order valence-corrected chi connectivity index (χ3v) is 9.71. The lowest BCUT2D eigenvalue weighted by molar-refractivity contribution is 0.0494. The van der Waals surface area contributed by atoms with Gasteiger partial charge in [0.1, 0.15) is 5.75 Å². The molecule has 1 N–H and O–H groups in total. The van der Waals surface area contributed by atoms with Crippen LogP contribution >= 0.6 is 11.8 Å². The molecule has 0 aromatic heterocycles. The molecule has 0 radical (unpaired) electrons. The minimum absolute atomic E-state index is 0.0744. The molecule has 2 aromatic carbocycles. The summed E-state index contributed by atoms with van der Waals surface area (Å²) in [6.07, 6.45) is 8.82. The second kappa shape index (κ2) is 12.0. The van der Waals surface area contributed by atoms with Crippen LogP contribution in [-0.4, -0.2) is 45.6 Å². The first-order chi connectivity index (χ1) is 16.9. The fourth-order valence-corrected chi connectivity index (χ4v) is 7.38. The monoisotopic (exact) mass is 519 g/mol. The van der Waals surface area contributed by atoms with Gasteiger partial charge in [0.15, 0.2) is 0 Å². The molecule has 0 amide bonds. The van der Waals surface area contributed by atoms with E-state index in [9.17, 15) is 13.5 Å². The maximum absolute atomic E-state index is 14.1. The van der Waals surface area contributed by atoms with Gasteiger partial charge in [-0.15, -0.1) is 11.8 Å². The quantitative estimate of drug-likeness (QED) is 0.438. The number of aryl methyl sites for hydroxylation is 1. The molecule has 0 bridgehead atoms. The van der Waals surface area contributed by atoms with Gasteiger partial charge in [0.2, 0.25) is 0 Å². The Morgan fingerprint density at radius 2 is 1.80 bits per heavy atom. The van der Waals surface area contributed by atoms with E-state index in [1.807, 2.05) is 25.3 Å². The van der Waals surface area contributed by atoms with Crippen LogP contribution in [0.3, 0.4) is 0 Å². The van der Waals surface area contributed by atoms with Crippen LogP contribution in [-0.2, 0) is 21.4 Å². The van der Waals surface area contributed by atoms with Crippen LogP contribution in [0.5, 0.6) is 5.75 Å². The van der Waals surface area contributed by atoms with Crippen LogP contribution in [0.4, 0.5) is 5.69 Å². The molecule has 1 saturated heterocycles. The average molecular weight is 520 g/mol. The number of hydrogen-bond acceptors (Lipinski definition) is 6. The van der Waals surface area contributed by atoms with E-state index in [1.165, 1.54) is 0 Å². The standard InChI is InChI=1S/C27H37NO5S2/c1-20-16-24(34-2)8-10-26(20)28(23-6-4-3-5-7-23)35(30,31)25-9-11-27(22(17-25)18-29)33-19-21-12-14-32-15-13-21/h8-11,16-17,21,23,29H,3-7,12-15,18-19H2,1-2H3. The highest BCUT2D eigenvalue weighted by Gasteiger charge is 2.34. The van der Waals surface area contributed by atoms with Gasteiger partial charge in [-0.1, -0.05) is 19.3 Å². The largest absolute Gasteiger partial charge is 0.493 e. The van der Waals surface area contributed by atoms with E-state index in [0.717, 1.165) is 74.3 Å². The van der Waals surface area contributed by atoms with Crippen molar-refractivity contribution in [2.24, 2.45) is 5.92 Å². The van der Waals surface area contributed by atoms with E-state index in [1.54, 1.807) is 34.3 Å². The number of aliphatic hydroxyl groups is 1. The fraction of sp³-hybridized carbons (Fsp3) is 0.556. The maximum atomic E-state index is 14.1. The summed E-state index contributed by atoms with van der Waals surface area (Å²) in [6, 6.07) is 10.8. The van der Waals surface area contributed by atoms with Crippen LogP contribution in [0.1, 0.15) is 56.1 Å². The summed E-state index contributed by atoms with van der Waals surface area (Å²) in [4.78, 5) is 1.31. The summed E-state index contributed by atoms with van der Waals surface area (Å²) in [5.74, 6) is 0.954. The third-order valence-electron chi connectivity index (χ3n) is 7.12. The van der Waals surface area contributed by atoms with Crippen LogP contribution < -0.4 is 9.04 Å². The molecule has 8 heteroatoms. The van der Waals surface area contributed by atoms with Crippen molar-refractivity contribution in [1.29, 1.82) is 0 Å². The normalized spacial score (nSPS) is 17.9. The van der Waals surface area contributed by atoms with Crippen LogP contribution in [0, 0.1) is 12.8 Å². The van der Waals surface area contributed by atoms with Crippen molar-refractivity contribution in [3.63, 3.8) is 0 Å².